The number of hydrogen-bond acceptors (Lipinski definition) is 2. The Morgan fingerprint density at radius 3 is 2.70 bits per heavy atom. The van der Waals surface area contributed by atoms with Crippen molar-refractivity contribution in [1.29, 1.82) is 0 Å². The van der Waals surface area contributed by atoms with E-state index in [2.05, 4.69) is 10.5 Å². The Labute approximate surface area is 116 Å². The molecule has 1 aromatic carbocycles. The fourth-order valence-electron chi connectivity index (χ4n) is 1.87. The summed E-state index contributed by atoms with van der Waals surface area (Å²) in [4.78, 5) is 11.7. The van der Waals surface area contributed by atoms with Crippen LogP contribution in [-0.4, -0.2) is 16.7 Å². The second-order valence-electron chi connectivity index (χ2n) is 4.59. The van der Waals surface area contributed by atoms with Crippen LogP contribution in [0.25, 0.3) is 0 Å². The molecule has 0 radical (unpaired) electrons. The fraction of sp³-hybridized carbons (Fsp3) is 0.200. The van der Waals surface area contributed by atoms with Crippen molar-refractivity contribution in [2.24, 2.45) is 12.1 Å². The summed E-state index contributed by atoms with van der Waals surface area (Å²) in [5.74, 6) is -0.887. The summed E-state index contributed by atoms with van der Waals surface area (Å²) in [6.45, 7) is 3.97. The molecule has 0 atom stereocenters. The Bertz CT molecular complexity index is 674. The molecule has 0 aliphatic heterocycles. The lowest BCUT2D eigenvalue weighted by atomic mass is 10.2. The summed E-state index contributed by atoms with van der Waals surface area (Å²) in [5, 5.41) is 3.90. The van der Waals surface area contributed by atoms with Gasteiger partial charge in [-0.3, -0.25) is 4.79 Å². The van der Waals surface area contributed by atoms with Crippen LogP contribution in [0, 0.1) is 19.7 Å². The van der Waals surface area contributed by atoms with Crippen LogP contribution >= 0.6 is 0 Å². The maximum Gasteiger partial charge on any atom is 0.271 e. The van der Waals surface area contributed by atoms with Crippen LogP contribution in [0.2, 0.25) is 0 Å². The van der Waals surface area contributed by atoms with E-state index in [0.29, 0.717) is 0 Å². The molecule has 5 heteroatoms. The Kier molecular flexibility index (Phi) is 3.98. The van der Waals surface area contributed by atoms with Gasteiger partial charge in [-0.2, -0.15) is 5.10 Å². The molecular weight excluding hydrogens is 257 g/mol. The monoisotopic (exact) mass is 273 g/mol. The van der Waals surface area contributed by atoms with Crippen molar-refractivity contribution < 1.29 is 9.18 Å². The van der Waals surface area contributed by atoms with E-state index in [-0.39, 0.29) is 5.56 Å². The minimum Gasteiger partial charge on any atom is -0.352 e. The lowest BCUT2D eigenvalue weighted by Crippen LogP contribution is -2.17. The molecular formula is C15H16FN3O. The molecule has 1 aromatic heterocycles. The average Bonchev–Trinajstić information content (AvgIpc) is 2.66. The van der Waals surface area contributed by atoms with Crippen LogP contribution in [-0.2, 0) is 7.05 Å². The number of hydrazone groups is 1. The number of aromatic nitrogens is 1. The van der Waals surface area contributed by atoms with Crippen molar-refractivity contribution in [1.82, 2.24) is 9.99 Å². The van der Waals surface area contributed by atoms with Gasteiger partial charge in [0.25, 0.3) is 5.91 Å². The number of benzene rings is 1. The normalized spacial score (nSPS) is 11.0. The molecule has 104 valence electrons. The molecule has 0 unspecified atom stereocenters. The summed E-state index contributed by atoms with van der Waals surface area (Å²) in [7, 11) is 1.97. The smallest absolute Gasteiger partial charge is 0.271 e. The Hall–Kier alpha value is -2.43. The van der Waals surface area contributed by atoms with E-state index in [9.17, 15) is 9.18 Å². The van der Waals surface area contributed by atoms with Crippen LogP contribution in [0.1, 0.15) is 27.3 Å². The first-order valence-electron chi connectivity index (χ1n) is 6.21. The van der Waals surface area contributed by atoms with Gasteiger partial charge in [-0.15, -0.1) is 0 Å². The summed E-state index contributed by atoms with van der Waals surface area (Å²) in [6, 6.07) is 7.45. The number of rotatable bonds is 3. The Balaban J connectivity index is 2.06. The number of nitrogens with zero attached hydrogens (tertiary/aromatic N) is 2. The number of hydrogen-bond donors (Lipinski definition) is 1. The maximum atomic E-state index is 13.0. The number of carbonyl (C=O) groups excluding carboxylic acids is 1. The number of halogens is 1. The molecule has 0 aliphatic rings. The second kappa shape index (κ2) is 5.69. The number of nitrogens with one attached hydrogen (secondary N) is 1. The zero-order chi connectivity index (χ0) is 14.7. The number of aryl methyl sites for hydroxylation is 1. The van der Waals surface area contributed by atoms with Gasteiger partial charge in [-0.25, -0.2) is 9.82 Å². The third kappa shape index (κ3) is 2.93. The van der Waals surface area contributed by atoms with Gasteiger partial charge in [-0.05, 0) is 38.1 Å². The SMILES string of the molecule is Cc1cc(/C=N\NC(=O)c2cccc(F)c2)c(C)n1C. The largest absolute Gasteiger partial charge is 0.352 e. The van der Waals surface area contributed by atoms with Crippen molar-refractivity contribution >= 4 is 12.1 Å². The molecule has 0 aliphatic carbocycles. The molecule has 1 amide bonds. The van der Waals surface area contributed by atoms with Gasteiger partial charge < -0.3 is 4.57 Å². The van der Waals surface area contributed by atoms with Crippen molar-refractivity contribution in [3.05, 3.63) is 58.7 Å². The summed E-state index contributed by atoms with van der Waals surface area (Å²) in [5.41, 5.74) is 5.73. The van der Waals surface area contributed by atoms with E-state index >= 15 is 0 Å². The highest BCUT2D eigenvalue weighted by Crippen LogP contribution is 2.10. The predicted octanol–water partition coefficient (Wildman–Crippen LogP) is 2.54. The molecule has 2 aromatic rings. The second-order valence-corrected chi connectivity index (χ2v) is 4.59. The highest BCUT2D eigenvalue weighted by atomic mass is 19.1. The van der Waals surface area contributed by atoms with Gasteiger partial charge in [0, 0.05) is 29.6 Å². The van der Waals surface area contributed by atoms with E-state index in [0.717, 1.165) is 17.0 Å². The number of amides is 1. The lowest BCUT2D eigenvalue weighted by Gasteiger charge is -2.00. The zero-order valence-electron chi connectivity index (χ0n) is 11.6. The predicted molar refractivity (Wildman–Crippen MR) is 76.3 cm³/mol. The maximum absolute atomic E-state index is 13.0. The van der Waals surface area contributed by atoms with Crippen LogP contribution in [0.3, 0.4) is 0 Å². The highest BCUT2D eigenvalue weighted by molar-refractivity contribution is 5.94. The standard InChI is InChI=1S/C15H16FN3O/c1-10-7-13(11(2)19(10)3)9-17-18-15(20)12-5-4-6-14(16)8-12/h4-9H,1-3H3,(H,18,20)/b17-9-. The molecule has 2 rings (SSSR count). The third-order valence-corrected chi connectivity index (χ3v) is 3.27. The van der Waals surface area contributed by atoms with Crippen LogP contribution < -0.4 is 5.43 Å². The topological polar surface area (TPSA) is 46.4 Å². The molecule has 0 saturated heterocycles. The minimum atomic E-state index is -0.448. The van der Waals surface area contributed by atoms with Crippen molar-refractivity contribution in [2.45, 2.75) is 13.8 Å². The molecule has 0 bridgehead atoms. The van der Waals surface area contributed by atoms with E-state index in [4.69, 9.17) is 0 Å². The highest BCUT2D eigenvalue weighted by Gasteiger charge is 2.06. The van der Waals surface area contributed by atoms with Gasteiger partial charge in [0.05, 0.1) is 6.21 Å². The van der Waals surface area contributed by atoms with E-state index < -0.39 is 11.7 Å². The van der Waals surface area contributed by atoms with Crippen LogP contribution in [0.4, 0.5) is 4.39 Å². The Morgan fingerprint density at radius 2 is 2.10 bits per heavy atom. The van der Waals surface area contributed by atoms with E-state index in [1.54, 1.807) is 6.21 Å². The molecule has 0 spiro atoms. The van der Waals surface area contributed by atoms with E-state index in [1.165, 1.54) is 24.3 Å². The summed E-state index contributed by atoms with van der Waals surface area (Å²) in [6.07, 6.45) is 1.58. The lowest BCUT2D eigenvalue weighted by molar-refractivity contribution is 0.0954. The molecule has 20 heavy (non-hydrogen) atoms. The fourth-order valence-corrected chi connectivity index (χ4v) is 1.87. The van der Waals surface area contributed by atoms with Gasteiger partial charge in [0.2, 0.25) is 0 Å². The van der Waals surface area contributed by atoms with Crippen LogP contribution in [0.15, 0.2) is 35.4 Å². The summed E-state index contributed by atoms with van der Waals surface area (Å²) < 4.78 is 15.0. The number of carbonyl (C=O) groups is 1. The van der Waals surface area contributed by atoms with Crippen molar-refractivity contribution in [3.8, 4) is 0 Å². The van der Waals surface area contributed by atoms with Gasteiger partial charge in [-0.1, -0.05) is 6.07 Å². The first kappa shape index (κ1) is 14.0. The van der Waals surface area contributed by atoms with Gasteiger partial charge in [0.15, 0.2) is 0 Å². The molecule has 0 saturated carbocycles. The van der Waals surface area contributed by atoms with Gasteiger partial charge in [0.1, 0.15) is 5.82 Å². The minimum absolute atomic E-state index is 0.239. The van der Waals surface area contributed by atoms with Crippen molar-refractivity contribution in [2.75, 3.05) is 0 Å². The molecule has 4 nitrogen and oxygen atoms in total. The first-order chi connectivity index (χ1) is 9.49. The molecule has 1 heterocycles. The molecule has 0 fully saturated rings. The van der Waals surface area contributed by atoms with Crippen LogP contribution in [0.5, 0.6) is 0 Å². The summed E-state index contributed by atoms with van der Waals surface area (Å²) >= 11 is 0. The average molecular weight is 273 g/mol. The molecule has 1 N–H and O–H groups in total. The first-order valence-corrected chi connectivity index (χ1v) is 6.21. The third-order valence-electron chi connectivity index (χ3n) is 3.27. The Morgan fingerprint density at radius 1 is 1.35 bits per heavy atom. The quantitative estimate of drug-likeness (QED) is 0.678. The van der Waals surface area contributed by atoms with Gasteiger partial charge >= 0.3 is 0 Å². The van der Waals surface area contributed by atoms with E-state index in [1.807, 2.05) is 31.5 Å². The van der Waals surface area contributed by atoms with Crippen molar-refractivity contribution in [3.63, 3.8) is 0 Å². The zero-order valence-corrected chi connectivity index (χ0v) is 11.6.